The maximum atomic E-state index is 11.9. The van der Waals surface area contributed by atoms with Crippen LogP contribution in [0.1, 0.15) is 26.2 Å². The van der Waals surface area contributed by atoms with E-state index in [9.17, 15) is 4.79 Å². The predicted octanol–water partition coefficient (Wildman–Crippen LogP) is 1.35. The average molecular weight is 277 g/mol. The Morgan fingerprint density at radius 1 is 1.65 bits per heavy atom. The molecule has 110 valence electrons. The Balaban J connectivity index is 1.66. The van der Waals surface area contributed by atoms with Gasteiger partial charge in [0.25, 0.3) is 5.91 Å². The third-order valence-corrected chi connectivity index (χ3v) is 3.57. The lowest BCUT2D eigenvalue weighted by atomic mass is 9.96. The van der Waals surface area contributed by atoms with Gasteiger partial charge in [-0.2, -0.15) is 0 Å². The molecule has 0 aliphatic carbocycles. The largest absolute Gasteiger partial charge is 0.479 e. The lowest BCUT2D eigenvalue weighted by Crippen LogP contribution is -2.38. The first-order valence-electron chi connectivity index (χ1n) is 7.31. The van der Waals surface area contributed by atoms with Crippen molar-refractivity contribution >= 4 is 5.91 Å². The number of nitrogens with zero attached hydrogens (tertiary/aromatic N) is 1. The van der Waals surface area contributed by atoms with Gasteiger partial charge in [-0.1, -0.05) is 0 Å². The summed E-state index contributed by atoms with van der Waals surface area (Å²) in [6, 6.07) is 3.58. The van der Waals surface area contributed by atoms with Gasteiger partial charge in [-0.05, 0) is 57.3 Å². The molecule has 5 nitrogen and oxygen atoms in total. The summed E-state index contributed by atoms with van der Waals surface area (Å²) in [5.41, 5.74) is 0. The quantitative estimate of drug-likeness (QED) is 0.824. The van der Waals surface area contributed by atoms with E-state index in [4.69, 9.17) is 4.74 Å². The lowest BCUT2D eigenvalue weighted by Gasteiger charge is -2.23. The smallest absolute Gasteiger partial charge is 0.260 e. The molecule has 1 aromatic heterocycles. The van der Waals surface area contributed by atoms with Crippen LogP contribution in [-0.4, -0.2) is 36.6 Å². The highest BCUT2D eigenvalue weighted by atomic mass is 16.5. The second-order valence-electron chi connectivity index (χ2n) is 5.24. The molecule has 2 unspecified atom stereocenters. The highest BCUT2D eigenvalue weighted by molar-refractivity contribution is 5.80. The number of amides is 1. The van der Waals surface area contributed by atoms with Gasteiger partial charge in [0.05, 0.1) is 6.20 Å². The molecule has 5 heteroatoms. The fourth-order valence-corrected chi connectivity index (χ4v) is 2.39. The summed E-state index contributed by atoms with van der Waals surface area (Å²) in [4.78, 5) is 15.9. The van der Waals surface area contributed by atoms with E-state index in [1.807, 2.05) is 0 Å². The Labute approximate surface area is 120 Å². The summed E-state index contributed by atoms with van der Waals surface area (Å²) in [7, 11) is 0. The Morgan fingerprint density at radius 2 is 2.55 bits per heavy atom. The van der Waals surface area contributed by atoms with Crippen molar-refractivity contribution in [2.24, 2.45) is 5.92 Å². The molecule has 1 aliphatic rings. The molecule has 1 saturated heterocycles. The van der Waals surface area contributed by atoms with Crippen molar-refractivity contribution in [3.63, 3.8) is 0 Å². The van der Waals surface area contributed by atoms with E-state index in [1.54, 1.807) is 31.5 Å². The molecule has 2 atom stereocenters. The lowest BCUT2D eigenvalue weighted by molar-refractivity contribution is -0.127. The van der Waals surface area contributed by atoms with Gasteiger partial charge in [-0.3, -0.25) is 9.78 Å². The normalized spacial score (nSPS) is 20.1. The van der Waals surface area contributed by atoms with Crippen LogP contribution in [0.2, 0.25) is 0 Å². The standard InChI is InChI=1S/C15H23N3O2/c1-12(20-14-5-3-8-17-11-14)15(19)18-9-6-13-4-2-7-16-10-13/h3,5,8,11-13,16H,2,4,6-7,9-10H2,1H3,(H,18,19). The average Bonchev–Trinajstić information content (AvgIpc) is 2.49. The summed E-state index contributed by atoms with van der Waals surface area (Å²) < 4.78 is 5.53. The fourth-order valence-electron chi connectivity index (χ4n) is 2.39. The Kier molecular flexibility index (Phi) is 5.80. The molecule has 2 rings (SSSR count). The highest BCUT2D eigenvalue weighted by Crippen LogP contribution is 2.13. The molecule has 1 aliphatic heterocycles. The van der Waals surface area contributed by atoms with Crippen molar-refractivity contribution < 1.29 is 9.53 Å². The highest BCUT2D eigenvalue weighted by Gasteiger charge is 2.16. The number of ether oxygens (including phenoxy) is 1. The zero-order valence-corrected chi connectivity index (χ0v) is 12.0. The zero-order valence-electron chi connectivity index (χ0n) is 12.0. The topological polar surface area (TPSA) is 63.2 Å². The maximum absolute atomic E-state index is 11.9. The number of aromatic nitrogens is 1. The molecule has 2 N–H and O–H groups in total. The van der Waals surface area contributed by atoms with Crippen molar-refractivity contribution in [3.05, 3.63) is 24.5 Å². The summed E-state index contributed by atoms with van der Waals surface area (Å²) in [5, 5.41) is 6.32. The van der Waals surface area contributed by atoms with Crippen molar-refractivity contribution in [1.82, 2.24) is 15.6 Å². The molecule has 1 aromatic rings. The van der Waals surface area contributed by atoms with Crippen molar-refractivity contribution in [2.75, 3.05) is 19.6 Å². The van der Waals surface area contributed by atoms with Crippen molar-refractivity contribution in [2.45, 2.75) is 32.3 Å². The molecule has 0 bridgehead atoms. The molecule has 0 spiro atoms. The van der Waals surface area contributed by atoms with Crippen molar-refractivity contribution in [3.8, 4) is 5.75 Å². The first-order valence-corrected chi connectivity index (χ1v) is 7.31. The number of carbonyl (C=O) groups is 1. The summed E-state index contributed by atoms with van der Waals surface area (Å²) in [5.74, 6) is 1.22. The molecule has 0 radical (unpaired) electrons. The number of nitrogens with one attached hydrogen (secondary N) is 2. The van der Waals surface area contributed by atoms with Crippen LogP contribution >= 0.6 is 0 Å². The number of hydrogen-bond donors (Lipinski definition) is 2. The monoisotopic (exact) mass is 277 g/mol. The van der Waals surface area contributed by atoms with Crippen LogP contribution in [0.15, 0.2) is 24.5 Å². The van der Waals surface area contributed by atoms with E-state index in [0.717, 1.165) is 19.5 Å². The minimum atomic E-state index is -0.497. The molecule has 0 saturated carbocycles. The predicted molar refractivity (Wildman–Crippen MR) is 77.5 cm³/mol. The molecule has 1 fully saturated rings. The number of piperidine rings is 1. The van der Waals surface area contributed by atoms with Gasteiger partial charge in [0.2, 0.25) is 0 Å². The van der Waals surface area contributed by atoms with Crippen LogP contribution in [-0.2, 0) is 4.79 Å². The zero-order chi connectivity index (χ0) is 14.2. The first kappa shape index (κ1) is 14.8. The van der Waals surface area contributed by atoms with Crippen LogP contribution in [0.25, 0.3) is 0 Å². The summed E-state index contributed by atoms with van der Waals surface area (Å²) >= 11 is 0. The third kappa shape index (κ3) is 4.81. The van der Waals surface area contributed by atoms with Crippen molar-refractivity contribution in [1.29, 1.82) is 0 Å². The van der Waals surface area contributed by atoms with E-state index in [2.05, 4.69) is 15.6 Å². The number of carbonyl (C=O) groups excluding carboxylic acids is 1. The molecule has 0 aromatic carbocycles. The van der Waals surface area contributed by atoms with Crippen LogP contribution in [0, 0.1) is 5.92 Å². The van der Waals surface area contributed by atoms with Crippen LogP contribution in [0.3, 0.4) is 0 Å². The maximum Gasteiger partial charge on any atom is 0.260 e. The molecular weight excluding hydrogens is 254 g/mol. The van der Waals surface area contributed by atoms with Gasteiger partial charge in [0.1, 0.15) is 5.75 Å². The van der Waals surface area contributed by atoms with Crippen LogP contribution in [0.5, 0.6) is 5.75 Å². The molecule has 20 heavy (non-hydrogen) atoms. The van der Waals surface area contributed by atoms with Crippen LogP contribution in [0.4, 0.5) is 0 Å². The SMILES string of the molecule is CC(Oc1cccnc1)C(=O)NCCC1CCCNC1. The number of rotatable bonds is 6. The molecule has 2 heterocycles. The van der Waals surface area contributed by atoms with Gasteiger partial charge < -0.3 is 15.4 Å². The number of pyridine rings is 1. The Bertz CT molecular complexity index is 405. The second kappa shape index (κ2) is 7.85. The van der Waals surface area contributed by atoms with Gasteiger partial charge in [0.15, 0.2) is 6.10 Å². The van der Waals surface area contributed by atoms with E-state index in [-0.39, 0.29) is 5.91 Å². The number of hydrogen-bond acceptors (Lipinski definition) is 4. The minimum absolute atomic E-state index is 0.0716. The first-order chi connectivity index (χ1) is 9.75. The van der Waals surface area contributed by atoms with E-state index in [1.165, 1.54) is 12.8 Å². The Morgan fingerprint density at radius 3 is 3.25 bits per heavy atom. The van der Waals surface area contributed by atoms with E-state index >= 15 is 0 Å². The van der Waals surface area contributed by atoms with Gasteiger partial charge in [-0.15, -0.1) is 0 Å². The Hall–Kier alpha value is -1.62. The summed E-state index contributed by atoms with van der Waals surface area (Å²) in [6.07, 6.45) is 6.30. The van der Waals surface area contributed by atoms with E-state index < -0.39 is 6.10 Å². The van der Waals surface area contributed by atoms with E-state index in [0.29, 0.717) is 18.2 Å². The van der Waals surface area contributed by atoms with Gasteiger partial charge >= 0.3 is 0 Å². The fraction of sp³-hybridized carbons (Fsp3) is 0.600. The van der Waals surface area contributed by atoms with Gasteiger partial charge in [-0.25, -0.2) is 0 Å². The van der Waals surface area contributed by atoms with Gasteiger partial charge in [0, 0.05) is 12.7 Å². The molecular formula is C15H23N3O2. The molecule has 1 amide bonds. The second-order valence-corrected chi connectivity index (χ2v) is 5.24. The third-order valence-electron chi connectivity index (χ3n) is 3.57. The summed E-state index contributed by atoms with van der Waals surface area (Å²) in [6.45, 7) is 4.66. The minimum Gasteiger partial charge on any atom is -0.479 e. The van der Waals surface area contributed by atoms with Crippen LogP contribution < -0.4 is 15.4 Å².